The third kappa shape index (κ3) is 2.39. The largest absolute Gasteiger partial charge is 0.459 e. The van der Waals surface area contributed by atoms with Gasteiger partial charge in [-0.05, 0) is 12.1 Å². The van der Waals surface area contributed by atoms with Crippen LogP contribution in [0.4, 0.5) is 0 Å². The van der Waals surface area contributed by atoms with Gasteiger partial charge in [0.1, 0.15) is 6.61 Å². The van der Waals surface area contributed by atoms with Crippen molar-refractivity contribution >= 4 is 17.0 Å². The van der Waals surface area contributed by atoms with Crippen LogP contribution in [0.1, 0.15) is 12.6 Å². The van der Waals surface area contributed by atoms with Gasteiger partial charge in [0.15, 0.2) is 5.52 Å². The summed E-state index contributed by atoms with van der Waals surface area (Å²) >= 11 is 0. The summed E-state index contributed by atoms with van der Waals surface area (Å²) in [6, 6.07) is 3.11. The lowest BCUT2D eigenvalue weighted by molar-refractivity contribution is -0.142. The Balaban J connectivity index is 2.47. The van der Waals surface area contributed by atoms with Crippen molar-refractivity contribution in [2.45, 2.75) is 13.5 Å². The number of H-pyrrole nitrogens is 2. The summed E-state index contributed by atoms with van der Waals surface area (Å²) in [5.41, 5.74) is -0.282. The molecule has 0 saturated heterocycles. The van der Waals surface area contributed by atoms with Crippen LogP contribution in [0.2, 0.25) is 0 Å². The van der Waals surface area contributed by atoms with Gasteiger partial charge in [0.25, 0.3) is 5.56 Å². The quantitative estimate of drug-likeness (QED) is 0.694. The van der Waals surface area contributed by atoms with Crippen LogP contribution in [0.15, 0.2) is 21.7 Å². The van der Waals surface area contributed by atoms with Crippen molar-refractivity contribution in [3.8, 4) is 0 Å². The summed E-state index contributed by atoms with van der Waals surface area (Å²) in [6.45, 7) is 1.27. The number of nitrogens with one attached hydrogen (secondary N) is 2. The third-order valence-electron chi connectivity index (χ3n) is 2.07. The molecule has 0 aliphatic carbocycles. The number of aromatic nitrogens is 3. The number of esters is 1. The summed E-state index contributed by atoms with van der Waals surface area (Å²) in [5, 5.41) is 0. The van der Waals surface area contributed by atoms with E-state index in [0.29, 0.717) is 11.2 Å². The summed E-state index contributed by atoms with van der Waals surface area (Å²) in [7, 11) is 0. The fourth-order valence-corrected chi connectivity index (χ4v) is 1.35. The van der Waals surface area contributed by atoms with Gasteiger partial charge in [0.05, 0.1) is 11.2 Å². The van der Waals surface area contributed by atoms with Crippen LogP contribution in [0.3, 0.4) is 0 Å². The maximum atomic E-state index is 11.4. The van der Waals surface area contributed by atoms with Gasteiger partial charge >= 0.3 is 11.7 Å². The number of aromatic amines is 2. The zero-order valence-electron chi connectivity index (χ0n) is 8.94. The fraction of sp³-hybridized carbons (Fsp3) is 0.200. The van der Waals surface area contributed by atoms with Crippen molar-refractivity contribution in [2.24, 2.45) is 0 Å². The van der Waals surface area contributed by atoms with Gasteiger partial charge in [-0.3, -0.25) is 14.6 Å². The SMILES string of the molecule is CC(=O)OCc1ccc2[nH]c(=O)[nH]c(=O)c2n1. The van der Waals surface area contributed by atoms with Crippen molar-refractivity contribution in [1.82, 2.24) is 15.0 Å². The molecule has 0 aliphatic heterocycles. The number of nitrogens with zero attached hydrogens (tertiary/aromatic N) is 1. The van der Waals surface area contributed by atoms with E-state index in [2.05, 4.69) is 15.0 Å². The Morgan fingerprint density at radius 3 is 2.82 bits per heavy atom. The average Bonchev–Trinajstić information content (AvgIpc) is 2.26. The molecule has 0 amide bonds. The predicted octanol–water partition coefficient (Wildman–Crippen LogP) is -0.326. The molecule has 17 heavy (non-hydrogen) atoms. The molecule has 0 saturated carbocycles. The minimum Gasteiger partial charge on any atom is -0.459 e. The monoisotopic (exact) mass is 235 g/mol. The normalized spacial score (nSPS) is 10.4. The van der Waals surface area contributed by atoms with Gasteiger partial charge in [-0.15, -0.1) is 0 Å². The van der Waals surface area contributed by atoms with Crippen molar-refractivity contribution in [3.05, 3.63) is 38.7 Å². The molecule has 0 bridgehead atoms. The van der Waals surface area contributed by atoms with Gasteiger partial charge in [-0.2, -0.15) is 0 Å². The maximum Gasteiger partial charge on any atom is 0.326 e. The number of carbonyl (C=O) groups excluding carboxylic acids is 1. The molecule has 2 aromatic rings. The Hall–Kier alpha value is -2.44. The first-order valence-electron chi connectivity index (χ1n) is 4.82. The number of hydrogen-bond acceptors (Lipinski definition) is 5. The Kier molecular flexibility index (Phi) is 2.73. The molecule has 2 heterocycles. The number of ether oxygens (including phenoxy) is 1. The molecule has 7 nitrogen and oxygen atoms in total. The number of fused-ring (bicyclic) bond motifs is 1. The number of carbonyl (C=O) groups is 1. The van der Waals surface area contributed by atoms with Crippen LogP contribution in [0.25, 0.3) is 11.0 Å². The molecule has 2 N–H and O–H groups in total. The summed E-state index contributed by atoms with van der Waals surface area (Å²) < 4.78 is 4.75. The molecule has 0 aliphatic rings. The minimum absolute atomic E-state index is 0.0101. The molecular formula is C10H9N3O4. The lowest BCUT2D eigenvalue weighted by Crippen LogP contribution is -2.22. The first-order valence-corrected chi connectivity index (χ1v) is 4.82. The second-order valence-electron chi connectivity index (χ2n) is 3.39. The van der Waals surface area contributed by atoms with Crippen molar-refractivity contribution in [3.63, 3.8) is 0 Å². The van der Waals surface area contributed by atoms with Crippen molar-refractivity contribution in [1.29, 1.82) is 0 Å². The van der Waals surface area contributed by atoms with E-state index in [1.807, 2.05) is 0 Å². The van der Waals surface area contributed by atoms with Crippen molar-refractivity contribution in [2.75, 3.05) is 0 Å². The Morgan fingerprint density at radius 1 is 1.35 bits per heavy atom. The van der Waals surface area contributed by atoms with E-state index in [1.54, 1.807) is 6.07 Å². The predicted molar refractivity (Wildman–Crippen MR) is 58.5 cm³/mol. The Morgan fingerprint density at radius 2 is 2.12 bits per heavy atom. The van der Waals surface area contributed by atoms with Gasteiger partial charge in [0.2, 0.25) is 0 Å². The van der Waals surface area contributed by atoms with Crippen LogP contribution in [-0.2, 0) is 16.1 Å². The zero-order valence-corrected chi connectivity index (χ0v) is 8.94. The minimum atomic E-state index is -0.586. The van der Waals surface area contributed by atoms with E-state index < -0.39 is 17.2 Å². The molecule has 0 radical (unpaired) electrons. The second kappa shape index (κ2) is 4.20. The van der Waals surface area contributed by atoms with Crippen LogP contribution < -0.4 is 11.2 Å². The highest BCUT2D eigenvalue weighted by molar-refractivity contribution is 5.72. The van der Waals surface area contributed by atoms with E-state index in [0.717, 1.165) is 0 Å². The van der Waals surface area contributed by atoms with Gasteiger partial charge in [0, 0.05) is 6.92 Å². The molecule has 0 fully saturated rings. The van der Waals surface area contributed by atoms with E-state index >= 15 is 0 Å². The van der Waals surface area contributed by atoms with E-state index in [4.69, 9.17) is 4.74 Å². The number of hydrogen-bond donors (Lipinski definition) is 2. The molecule has 0 unspecified atom stereocenters. The molecule has 0 aromatic carbocycles. The molecular weight excluding hydrogens is 226 g/mol. The van der Waals surface area contributed by atoms with E-state index in [9.17, 15) is 14.4 Å². The van der Waals surface area contributed by atoms with Gasteiger partial charge in [-0.25, -0.2) is 9.78 Å². The molecule has 2 rings (SSSR count). The Labute approximate surface area is 94.5 Å². The third-order valence-corrected chi connectivity index (χ3v) is 2.07. The molecule has 2 aromatic heterocycles. The van der Waals surface area contributed by atoms with E-state index in [1.165, 1.54) is 13.0 Å². The lowest BCUT2D eigenvalue weighted by atomic mass is 10.3. The van der Waals surface area contributed by atoms with Crippen LogP contribution in [0.5, 0.6) is 0 Å². The highest BCUT2D eigenvalue weighted by atomic mass is 16.5. The summed E-state index contributed by atoms with van der Waals surface area (Å²) in [5.74, 6) is -0.428. The zero-order chi connectivity index (χ0) is 12.4. The summed E-state index contributed by atoms with van der Waals surface area (Å²) in [4.78, 5) is 41.6. The van der Waals surface area contributed by atoms with Gasteiger partial charge < -0.3 is 9.72 Å². The summed E-state index contributed by atoms with van der Waals surface area (Å²) in [6.07, 6.45) is 0. The highest BCUT2D eigenvalue weighted by Gasteiger charge is 2.04. The first-order chi connectivity index (χ1) is 8.06. The molecule has 0 atom stereocenters. The van der Waals surface area contributed by atoms with Gasteiger partial charge in [-0.1, -0.05) is 0 Å². The van der Waals surface area contributed by atoms with Crippen molar-refractivity contribution < 1.29 is 9.53 Å². The van der Waals surface area contributed by atoms with E-state index in [-0.39, 0.29) is 12.1 Å². The fourth-order valence-electron chi connectivity index (χ4n) is 1.35. The van der Waals surface area contributed by atoms with Crippen LogP contribution >= 0.6 is 0 Å². The first kappa shape index (κ1) is 11.1. The number of rotatable bonds is 2. The highest BCUT2D eigenvalue weighted by Crippen LogP contribution is 2.04. The molecule has 0 spiro atoms. The maximum absolute atomic E-state index is 11.4. The smallest absolute Gasteiger partial charge is 0.326 e. The Bertz CT molecular complexity index is 686. The molecule has 88 valence electrons. The standard InChI is InChI=1S/C10H9N3O4/c1-5(14)17-4-6-2-3-7-8(11-6)9(15)13-10(16)12-7/h2-3H,4H2,1H3,(H2,12,13,15,16). The average molecular weight is 235 g/mol. The van der Waals surface area contributed by atoms with Crippen LogP contribution in [0, 0.1) is 0 Å². The lowest BCUT2D eigenvalue weighted by Gasteiger charge is -2.02. The number of pyridine rings is 1. The topological polar surface area (TPSA) is 105 Å². The van der Waals surface area contributed by atoms with Crippen LogP contribution in [-0.4, -0.2) is 20.9 Å². The molecule has 7 heteroatoms. The second-order valence-corrected chi connectivity index (χ2v) is 3.39.